The van der Waals surface area contributed by atoms with E-state index < -0.39 is 6.04 Å². The van der Waals surface area contributed by atoms with Crippen molar-refractivity contribution in [2.24, 2.45) is 11.7 Å². The van der Waals surface area contributed by atoms with E-state index in [2.05, 4.69) is 16.3 Å². The lowest BCUT2D eigenvalue weighted by atomic mass is 10.1. The number of carbonyl (C=O) groups is 1. The third kappa shape index (κ3) is 5.04. The van der Waals surface area contributed by atoms with E-state index >= 15 is 0 Å². The zero-order valence-electron chi connectivity index (χ0n) is 14.0. The molecule has 0 aromatic heterocycles. The Bertz CT molecular complexity index is 512. The maximum absolute atomic E-state index is 12.0. The standard InChI is InChI=1S/C17H27N3O2S/c1-22-16-6-4-3-5-15(16)20-9-7-13(12-20)11-19-17(21)14(18)8-10-23-2/h3-6,13-14H,7-12,18H2,1-2H3,(H,19,21)/t13?,14-/m0/s1. The smallest absolute Gasteiger partial charge is 0.236 e. The zero-order chi connectivity index (χ0) is 16.7. The molecule has 3 N–H and O–H groups in total. The summed E-state index contributed by atoms with van der Waals surface area (Å²) >= 11 is 1.71. The van der Waals surface area contributed by atoms with Gasteiger partial charge in [-0.1, -0.05) is 12.1 Å². The zero-order valence-corrected chi connectivity index (χ0v) is 14.8. The SMILES string of the molecule is COc1ccccc1N1CCC(CNC(=O)[C@@H](N)CCSC)C1. The van der Waals surface area contributed by atoms with Crippen LogP contribution in [0.25, 0.3) is 0 Å². The Morgan fingerprint density at radius 3 is 3.04 bits per heavy atom. The second-order valence-corrected chi connectivity index (χ2v) is 6.89. The number of nitrogens with zero attached hydrogens (tertiary/aromatic N) is 1. The van der Waals surface area contributed by atoms with Gasteiger partial charge in [-0.05, 0) is 42.9 Å². The molecule has 5 nitrogen and oxygen atoms in total. The molecule has 6 heteroatoms. The first-order chi connectivity index (χ1) is 11.2. The molecule has 1 heterocycles. The van der Waals surface area contributed by atoms with Crippen molar-refractivity contribution >= 4 is 23.4 Å². The number of nitrogens with one attached hydrogen (secondary N) is 1. The Balaban J connectivity index is 1.80. The minimum absolute atomic E-state index is 0.0326. The molecule has 0 bridgehead atoms. The van der Waals surface area contributed by atoms with Crippen molar-refractivity contribution in [3.63, 3.8) is 0 Å². The molecule has 23 heavy (non-hydrogen) atoms. The summed E-state index contributed by atoms with van der Waals surface area (Å²) < 4.78 is 5.43. The van der Waals surface area contributed by atoms with Crippen LogP contribution < -0.4 is 20.7 Å². The van der Waals surface area contributed by atoms with Crippen molar-refractivity contribution in [3.8, 4) is 5.75 Å². The molecule has 1 amide bonds. The highest BCUT2D eigenvalue weighted by molar-refractivity contribution is 7.98. The lowest BCUT2D eigenvalue weighted by molar-refractivity contribution is -0.122. The summed E-state index contributed by atoms with van der Waals surface area (Å²) in [4.78, 5) is 14.3. The fourth-order valence-corrected chi connectivity index (χ4v) is 3.35. The first kappa shape index (κ1) is 17.9. The fourth-order valence-electron chi connectivity index (χ4n) is 2.86. The van der Waals surface area contributed by atoms with E-state index in [1.807, 2.05) is 24.5 Å². The fraction of sp³-hybridized carbons (Fsp3) is 0.588. The second-order valence-electron chi connectivity index (χ2n) is 5.91. The van der Waals surface area contributed by atoms with E-state index in [9.17, 15) is 4.79 Å². The van der Waals surface area contributed by atoms with Crippen LogP contribution in [0.3, 0.4) is 0 Å². The molecule has 128 valence electrons. The Hall–Kier alpha value is -1.40. The largest absolute Gasteiger partial charge is 0.495 e. The molecular weight excluding hydrogens is 310 g/mol. The second kappa shape index (κ2) is 9.03. The van der Waals surface area contributed by atoms with Gasteiger partial charge >= 0.3 is 0 Å². The third-order valence-corrected chi connectivity index (χ3v) is 4.89. The van der Waals surface area contributed by atoms with Crippen molar-refractivity contribution in [3.05, 3.63) is 24.3 Å². The summed E-state index contributed by atoms with van der Waals surface area (Å²) in [5.41, 5.74) is 7.02. The molecule has 1 unspecified atom stereocenters. The number of amides is 1. The number of benzene rings is 1. The van der Waals surface area contributed by atoms with Crippen molar-refractivity contribution < 1.29 is 9.53 Å². The summed E-state index contributed by atoms with van der Waals surface area (Å²) in [5, 5.41) is 3.00. The van der Waals surface area contributed by atoms with Crippen LogP contribution in [0, 0.1) is 5.92 Å². The normalized spacial score (nSPS) is 18.7. The van der Waals surface area contributed by atoms with Gasteiger partial charge in [-0.25, -0.2) is 0 Å². The van der Waals surface area contributed by atoms with E-state index in [0.717, 1.165) is 43.1 Å². The molecule has 1 aliphatic heterocycles. The number of nitrogens with two attached hydrogens (primary N) is 1. The Labute approximate surface area is 142 Å². The van der Waals surface area contributed by atoms with Gasteiger partial charge in [0.1, 0.15) is 5.75 Å². The van der Waals surface area contributed by atoms with Gasteiger partial charge in [0.25, 0.3) is 0 Å². The van der Waals surface area contributed by atoms with Gasteiger partial charge in [-0.15, -0.1) is 0 Å². The van der Waals surface area contributed by atoms with Crippen molar-refractivity contribution in [2.75, 3.05) is 43.7 Å². The maximum Gasteiger partial charge on any atom is 0.236 e. The van der Waals surface area contributed by atoms with Gasteiger partial charge in [0.05, 0.1) is 18.8 Å². The molecule has 1 fully saturated rings. The number of methoxy groups -OCH3 is 1. The van der Waals surface area contributed by atoms with E-state index in [-0.39, 0.29) is 5.91 Å². The monoisotopic (exact) mass is 337 g/mol. The van der Waals surface area contributed by atoms with Crippen LogP contribution in [0.4, 0.5) is 5.69 Å². The minimum atomic E-state index is -0.394. The first-order valence-electron chi connectivity index (χ1n) is 8.06. The number of rotatable bonds is 8. The number of hydrogen-bond donors (Lipinski definition) is 2. The molecule has 2 atom stereocenters. The molecule has 0 radical (unpaired) electrons. The van der Waals surface area contributed by atoms with E-state index in [1.54, 1.807) is 18.9 Å². The Morgan fingerprint density at radius 2 is 2.30 bits per heavy atom. The van der Waals surface area contributed by atoms with Crippen molar-refractivity contribution in [1.82, 2.24) is 5.32 Å². The van der Waals surface area contributed by atoms with E-state index in [0.29, 0.717) is 12.5 Å². The Kier molecular flexibility index (Phi) is 7.05. The molecule has 0 spiro atoms. The number of thioether (sulfide) groups is 1. The number of para-hydroxylation sites is 2. The summed E-state index contributed by atoms with van der Waals surface area (Å²) in [6.45, 7) is 2.61. The number of anilines is 1. The Morgan fingerprint density at radius 1 is 1.52 bits per heavy atom. The van der Waals surface area contributed by atoms with Crippen LogP contribution in [-0.2, 0) is 4.79 Å². The highest BCUT2D eigenvalue weighted by Crippen LogP contribution is 2.31. The topological polar surface area (TPSA) is 67.6 Å². The van der Waals surface area contributed by atoms with Crippen molar-refractivity contribution in [1.29, 1.82) is 0 Å². The predicted molar refractivity (Wildman–Crippen MR) is 97.3 cm³/mol. The first-order valence-corrected chi connectivity index (χ1v) is 9.45. The maximum atomic E-state index is 12.0. The van der Waals surface area contributed by atoms with Crippen LogP contribution >= 0.6 is 11.8 Å². The molecule has 0 aliphatic carbocycles. The van der Waals surface area contributed by atoms with Gasteiger partial charge in [0.15, 0.2) is 0 Å². The molecule has 1 aromatic rings. The van der Waals surface area contributed by atoms with Crippen LogP contribution in [-0.4, -0.2) is 50.7 Å². The molecular formula is C17H27N3O2S. The highest BCUT2D eigenvalue weighted by Gasteiger charge is 2.25. The predicted octanol–water partition coefficient (Wildman–Crippen LogP) is 1.72. The lowest BCUT2D eigenvalue weighted by Gasteiger charge is -2.21. The molecule has 1 aromatic carbocycles. The van der Waals surface area contributed by atoms with Crippen LogP contribution in [0.5, 0.6) is 5.75 Å². The third-order valence-electron chi connectivity index (χ3n) is 4.25. The molecule has 0 saturated carbocycles. The van der Waals surface area contributed by atoms with Gasteiger partial charge in [-0.2, -0.15) is 11.8 Å². The minimum Gasteiger partial charge on any atom is -0.495 e. The number of ether oxygens (including phenoxy) is 1. The highest BCUT2D eigenvalue weighted by atomic mass is 32.2. The number of carbonyl (C=O) groups excluding carboxylic acids is 1. The summed E-state index contributed by atoms with van der Waals surface area (Å²) in [6.07, 6.45) is 3.82. The van der Waals surface area contributed by atoms with E-state index in [1.165, 1.54) is 0 Å². The quantitative estimate of drug-likeness (QED) is 0.756. The molecule has 1 aliphatic rings. The van der Waals surface area contributed by atoms with Gasteiger partial charge in [0, 0.05) is 19.6 Å². The van der Waals surface area contributed by atoms with Crippen LogP contribution in [0.1, 0.15) is 12.8 Å². The average Bonchev–Trinajstić information content (AvgIpc) is 3.06. The number of hydrogen-bond acceptors (Lipinski definition) is 5. The van der Waals surface area contributed by atoms with Crippen LogP contribution in [0.2, 0.25) is 0 Å². The lowest BCUT2D eigenvalue weighted by Crippen LogP contribution is -2.43. The van der Waals surface area contributed by atoms with E-state index in [4.69, 9.17) is 10.5 Å². The molecule has 2 rings (SSSR count). The summed E-state index contributed by atoms with van der Waals surface area (Å²) in [7, 11) is 1.70. The van der Waals surface area contributed by atoms with Crippen LogP contribution in [0.15, 0.2) is 24.3 Å². The van der Waals surface area contributed by atoms with Gasteiger partial charge < -0.3 is 20.7 Å². The summed E-state index contributed by atoms with van der Waals surface area (Å²) in [5.74, 6) is 2.24. The average molecular weight is 337 g/mol. The van der Waals surface area contributed by atoms with Crippen molar-refractivity contribution in [2.45, 2.75) is 18.9 Å². The van der Waals surface area contributed by atoms with Gasteiger partial charge in [0.2, 0.25) is 5.91 Å². The van der Waals surface area contributed by atoms with Gasteiger partial charge in [-0.3, -0.25) is 4.79 Å². The molecule has 1 saturated heterocycles. The summed E-state index contributed by atoms with van der Waals surface area (Å²) in [6, 6.07) is 7.67.